The van der Waals surface area contributed by atoms with Crippen LogP contribution in [0.15, 0.2) is 24.8 Å². The van der Waals surface area contributed by atoms with Crippen LogP contribution in [0.5, 0.6) is 0 Å². The van der Waals surface area contributed by atoms with Crippen molar-refractivity contribution in [3.05, 3.63) is 24.8 Å². The Hall–Kier alpha value is -1.05. The molecule has 2 heteroatoms. The van der Waals surface area contributed by atoms with Gasteiger partial charge in [0.25, 0.3) is 0 Å². The molecule has 0 aromatic carbocycles. The van der Waals surface area contributed by atoms with E-state index in [4.69, 9.17) is 4.74 Å². The number of allylic oxidation sites excluding steroid dienone is 2. The Kier molecular flexibility index (Phi) is 6.78. The highest BCUT2D eigenvalue weighted by Crippen LogP contribution is 2.28. The number of hydrogen-bond acceptors (Lipinski definition) is 2. The number of methoxy groups -OCH3 is 1. The summed E-state index contributed by atoms with van der Waals surface area (Å²) in [5.74, 6) is 0.202. The van der Waals surface area contributed by atoms with Crippen LogP contribution >= 0.6 is 0 Å². The summed E-state index contributed by atoms with van der Waals surface area (Å²) in [7, 11) is 1.44. The number of carbonyl (C=O) groups is 1. The van der Waals surface area contributed by atoms with Crippen molar-refractivity contribution in [2.75, 3.05) is 7.11 Å². The van der Waals surface area contributed by atoms with Crippen molar-refractivity contribution in [2.45, 2.75) is 33.6 Å². The van der Waals surface area contributed by atoms with Crippen molar-refractivity contribution in [3.63, 3.8) is 0 Å². The summed E-state index contributed by atoms with van der Waals surface area (Å²) in [5.41, 5.74) is 1.14. The van der Waals surface area contributed by atoms with E-state index >= 15 is 0 Å². The third-order valence-corrected chi connectivity index (χ3v) is 2.86. The van der Waals surface area contributed by atoms with E-state index in [1.165, 1.54) is 7.11 Å². The SMILES string of the molecule is C=C[C@H](CCC(=C)C)[C@@H](C(=O)OC)C(C)C. The zero-order valence-electron chi connectivity index (χ0n) is 11.0. The molecule has 0 saturated heterocycles. The highest BCUT2D eigenvalue weighted by molar-refractivity contribution is 5.73. The van der Waals surface area contributed by atoms with Gasteiger partial charge in [-0.1, -0.05) is 25.5 Å². The molecule has 0 spiro atoms. The van der Waals surface area contributed by atoms with Gasteiger partial charge in [0.2, 0.25) is 0 Å². The largest absolute Gasteiger partial charge is 0.469 e. The molecular weight excluding hydrogens is 200 g/mol. The second-order valence-corrected chi connectivity index (χ2v) is 4.69. The minimum atomic E-state index is -0.137. The van der Waals surface area contributed by atoms with E-state index in [0.29, 0.717) is 0 Å². The Morgan fingerprint density at radius 1 is 1.44 bits per heavy atom. The highest BCUT2D eigenvalue weighted by Gasteiger charge is 2.29. The Morgan fingerprint density at radius 3 is 2.31 bits per heavy atom. The Balaban J connectivity index is 4.64. The number of ether oxygens (including phenoxy) is 1. The molecular formula is C14H24O2. The number of rotatable bonds is 7. The van der Waals surface area contributed by atoms with Crippen molar-refractivity contribution in [2.24, 2.45) is 17.8 Å². The molecule has 0 radical (unpaired) electrons. The topological polar surface area (TPSA) is 26.3 Å². The van der Waals surface area contributed by atoms with Crippen LogP contribution in [0.2, 0.25) is 0 Å². The molecule has 0 heterocycles. The van der Waals surface area contributed by atoms with Gasteiger partial charge >= 0.3 is 5.97 Å². The van der Waals surface area contributed by atoms with E-state index in [-0.39, 0.29) is 23.7 Å². The molecule has 0 N–H and O–H groups in total. The lowest BCUT2D eigenvalue weighted by Crippen LogP contribution is -2.28. The first kappa shape index (κ1) is 14.9. The molecule has 0 fully saturated rings. The molecule has 0 aliphatic rings. The van der Waals surface area contributed by atoms with E-state index in [2.05, 4.69) is 13.2 Å². The monoisotopic (exact) mass is 224 g/mol. The molecule has 0 aromatic heterocycles. The summed E-state index contributed by atoms with van der Waals surface area (Å²) in [6, 6.07) is 0. The van der Waals surface area contributed by atoms with Gasteiger partial charge in [-0.2, -0.15) is 0 Å². The van der Waals surface area contributed by atoms with Gasteiger partial charge in [-0.15, -0.1) is 13.2 Å². The third-order valence-electron chi connectivity index (χ3n) is 2.86. The van der Waals surface area contributed by atoms with Crippen LogP contribution < -0.4 is 0 Å². The van der Waals surface area contributed by atoms with Crippen LogP contribution in [-0.2, 0) is 9.53 Å². The van der Waals surface area contributed by atoms with Gasteiger partial charge in [-0.3, -0.25) is 4.79 Å². The third kappa shape index (κ3) is 4.65. The number of esters is 1. The summed E-state index contributed by atoms with van der Waals surface area (Å²) >= 11 is 0. The van der Waals surface area contributed by atoms with E-state index in [1.807, 2.05) is 26.8 Å². The fourth-order valence-corrected chi connectivity index (χ4v) is 1.93. The molecule has 2 nitrogen and oxygen atoms in total. The van der Waals surface area contributed by atoms with Gasteiger partial charge in [0.15, 0.2) is 0 Å². The van der Waals surface area contributed by atoms with Crippen LogP contribution in [0.4, 0.5) is 0 Å². The standard InChI is InChI=1S/C14H24O2/c1-7-12(9-8-10(2)3)13(11(4)5)14(15)16-6/h7,11-13H,1-2,8-9H2,3-6H3/t12-,13+/m1/s1. The summed E-state index contributed by atoms with van der Waals surface area (Å²) in [5, 5.41) is 0. The van der Waals surface area contributed by atoms with Gasteiger partial charge in [0, 0.05) is 0 Å². The van der Waals surface area contributed by atoms with Crippen LogP contribution in [0.25, 0.3) is 0 Å². The summed E-state index contributed by atoms with van der Waals surface area (Å²) < 4.78 is 4.85. The normalized spacial score (nSPS) is 14.3. The Morgan fingerprint density at radius 2 is 2.00 bits per heavy atom. The van der Waals surface area contributed by atoms with Gasteiger partial charge < -0.3 is 4.74 Å². The number of carbonyl (C=O) groups excluding carboxylic acids is 1. The van der Waals surface area contributed by atoms with E-state index in [0.717, 1.165) is 18.4 Å². The summed E-state index contributed by atoms with van der Waals surface area (Å²) in [6.45, 7) is 13.8. The zero-order valence-corrected chi connectivity index (χ0v) is 11.0. The molecule has 0 aliphatic heterocycles. The van der Waals surface area contributed by atoms with Crippen LogP contribution in [0.3, 0.4) is 0 Å². The molecule has 0 rings (SSSR count). The maximum atomic E-state index is 11.7. The fraction of sp³-hybridized carbons (Fsp3) is 0.643. The van der Waals surface area contributed by atoms with Crippen molar-refractivity contribution >= 4 is 5.97 Å². The van der Waals surface area contributed by atoms with Crippen LogP contribution in [-0.4, -0.2) is 13.1 Å². The predicted octanol–water partition coefficient (Wildman–Crippen LogP) is 3.59. The van der Waals surface area contributed by atoms with Gasteiger partial charge in [0.1, 0.15) is 0 Å². The minimum Gasteiger partial charge on any atom is -0.469 e. The molecule has 0 unspecified atom stereocenters. The van der Waals surface area contributed by atoms with Crippen molar-refractivity contribution in [3.8, 4) is 0 Å². The molecule has 0 aliphatic carbocycles. The van der Waals surface area contributed by atoms with Crippen molar-refractivity contribution in [1.29, 1.82) is 0 Å². The lowest BCUT2D eigenvalue weighted by Gasteiger charge is -2.25. The second-order valence-electron chi connectivity index (χ2n) is 4.69. The molecule has 0 saturated carbocycles. The maximum absolute atomic E-state index is 11.7. The lowest BCUT2D eigenvalue weighted by molar-refractivity contribution is -0.148. The van der Waals surface area contributed by atoms with Crippen LogP contribution in [0, 0.1) is 17.8 Å². The second kappa shape index (κ2) is 7.26. The summed E-state index contributed by atoms with van der Waals surface area (Å²) in [6.07, 6.45) is 3.71. The van der Waals surface area contributed by atoms with Crippen LogP contribution in [0.1, 0.15) is 33.6 Å². The summed E-state index contributed by atoms with van der Waals surface area (Å²) in [4.78, 5) is 11.7. The minimum absolute atomic E-state index is 0.0955. The highest BCUT2D eigenvalue weighted by atomic mass is 16.5. The smallest absolute Gasteiger partial charge is 0.309 e. The average molecular weight is 224 g/mol. The maximum Gasteiger partial charge on any atom is 0.309 e. The molecule has 0 aromatic rings. The first-order chi connectivity index (χ1) is 7.43. The quantitative estimate of drug-likeness (QED) is 0.488. The molecule has 0 bridgehead atoms. The van der Waals surface area contributed by atoms with Crippen molar-refractivity contribution in [1.82, 2.24) is 0 Å². The predicted molar refractivity (Wildman–Crippen MR) is 68.1 cm³/mol. The fourth-order valence-electron chi connectivity index (χ4n) is 1.93. The molecule has 2 atom stereocenters. The molecule has 16 heavy (non-hydrogen) atoms. The number of hydrogen-bond donors (Lipinski definition) is 0. The van der Waals surface area contributed by atoms with Gasteiger partial charge in [0.05, 0.1) is 13.0 Å². The van der Waals surface area contributed by atoms with Gasteiger partial charge in [-0.05, 0) is 31.6 Å². The van der Waals surface area contributed by atoms with Gasteiger partial charge in [-0.25, -0.2) is 0 Å². The van der Waals surface area contributed by atoms with E-state index in [9.17, 15) is 4.79 Å². The zero-order chi connectivity index (χ0) is 12.7. The van der Waals surface area contributed by atoms with E-state index in [1.54, 1.807) is 0 Å². The lowest BCUT2D eigenvalue weighted by atomic mass is 9.80. The first-order valence-corrected chi connectivity index (χ1v) is 5.78. The Bertz CT molecular complexity index is 253. The average Bonchev–Trinajstić information content (AvgIpc) is 2.22. The Labute approximate surface area is 99.4 Å². The van der Waals surface area contributed by atoms with Crippen molar-refractivity contribution < 1.29 is 9.53 Å². The molecule has 92 valence electrons. The first-order valence-electron chi connectivity index (χ1n) is 5.78. The molecule has 0 amide bonds. The van der Waals surface area contributed by atoms with E-state index < -0.39 is 0 Å².